The smallest absolute Gasteiger partial charge is 0.273 e. The lowest BCUT2D eigenvalue weighted by molar-refractivity contribution is -0.129. The number of nitrogens with zero attached hydrogens (tertiary/aromatic N) is 3. The molecule has 1 heterocycles. The molecule has 1 atom stereocenters. The first-order valence-corrected chi connectivity index (χ1v) is 9.90. The molecule has 0 radical (unpaired) electrons. The third-order valence-corrected chi connectivity index (χ3v) is 4.83. The van der Waals surface area contributed by atoms with Crippen molar-refractivity contribution < 1.29 is 9.90 Å². The Morgan fingerprint density at radius 3 is 2.32 bits per heavy atom. The van der Waals surface area contributed by atoms with Crippen LogP contribution in [0, 0.1) is 6.92 Å². The standard InChI is InChI=1S/C25H22N4O2/c1-18-12-14-19(15-13-18)23-21(17-29(28-23)22-10-6-3-7-11-22)16-26-27-25(31)24(30)20-8-4-2-5-9-20/h2-17,24,30H,1H3,(H,27,31). The third kappa shape index (κ3) is 4.76. The zero-order valence-electron chi connectivity index (χ0n) is 17.0. The van der Waals surface area contributed by atoms with E-state index in [2.05, 4.69) is 10.5 Å². The molecule has 154 valence electrons. The predicted octanol–water partition coefficient (Wildman–Crippen LogP) is 4.03. The summed E-state index contributed by atoms with van der Waals surface area (Å²) in [6.07, 6.45) is 2.10. The first kappa shape index (κ1) is 20.3. The summed E-state index contributed by atoms with van der Waals surface area (Å²) in [4.78, 5) is 12.3. The lowest BCUT2D eigenvalue weighted by atomic mass is 10.1. The Kier molecular flexibility index (Phi) is 6.01. The van der Waals surface area contributed by atoms with Gasteiger partial charge in [-0.15, -0.1) is 0 Å². The van der Waals surface area contributed by atoms with E-state index >= 15 is 0 Å². The number of carbonyl (C=O) groups is 1. The summed E-state index contributed by atoms with van der Waals surface area (Å²) in [6, 6.07) is 26.5. The van der Waals surface area contributed by atoms with Gasteiger partial charge in [0, 0.05) is 17.3 Å². The molecule has 4 aromatic rings. The number of aryl methyl sites for hydroxylation is 1. The number of aliphatic hydroxyl groups is 1. The van der Waals surface area contributed by atoms with E-state index in [1.807, 2.05) is 73.8 Å². The van der Waals surface area contributed by atoms with Gasteiger partial charge in [0.15, 0.2) is 6.10 Å². The Labute approximate surface area is 180 Å². The molecule has 0 aliphatic rings. The number of aliphatic hydroxyl groups excluding tert-OH is 1. The van der Waals surface area contributed by atoms with Gasteiger partial charge in [0.05, 0.1) is 11.9 Å². The van der Waals surface area contributed by atoms with Crippen LogP contribution in [0.1, 0.15) is 22.8 Å². The highest BCUT2D eigenvalue weighted by Gasteiger charge is 2.16. The van der Waals surface area contributed by atoms with Gasteiger partial charge in [0.1, 0.15) is 5.69 Å². The predicted molar refractivity (Wildman–Crippen MR) is 121 cm³/mol. The van der Waals surface area contributed by atoms with E-state index in [9.17, 15) is 9.90 Å². The van der Waals surface area contributed by atoms with Crippen LogP contribution in [0.3, 0.4) is 0 Å². The number of nitrogens with one attached hydrogen (secondary N) is 1. The largest absolute Gasteiger partial charge is 0.378 e. The van der Waals surface area contributed by atoms with Crippen molar-refractivity contribution in [1.82, 2.24) is 15.2 Å². The van der Waals surface area contributed by atoms with E-state index in [4.69, 9.17) is 5.10 Å². The van der Waals surface area contributed by atoms with Crippen LogP contribution in [0.15, 0.2) is 96.2 Å². The van der Waals surface area contributed by atoms with Crippen LogP contribution >= 0.6 is 0 Å². The van der Waals surface area contributed by atoms with E-state index in [1.165, 1.54) is 6.21 Å². The minimum absolute atomic E-state index is 0.507. The van der Waals surface area contributed by atoms with Crippen LogP contribution in [0.4, 0.5) is 0 Å². The fourth-order valence-corrected chi connectivity index (χ4v) is 3.14. The number of para-hydroxylation sites is 1. The van der Waals surface area contributed by atoms with Crippen LogP contribution in [0.25, 0.3) is 16.9 Å². The Morgan fingerprint density at radius 2 is 1.65 bits per heavy atom. The van der Waals surface area contributed by atoms with Gasteiger partial charge >= 0.3 is 0 Å². The maximum absolute atomic E-state index is 12.3. The molecule has 0 bridgehead atoms. The topological polar surface area (TPSA) is 79.5 Å². The van der Waals surface area contributed by atoms with Gasteiger partial charge in [-0.25, -0.2) is 10.1 Å². The molecule has 6 heteroatoms. The number of hydrogen-bond donors (Lipinski definition) is 2. The molecule has 4 rings (SSSR count). The molecular weight excluding hydrogens is 388 g/mol. The maximum Gasteiger partial charge on any atom is 0.273 e. The van der Waals surface area contributed by atoms with Gasteiger partial charge in [-0.3, -0.25) is 4.79 Å². The zero-order chi connectivity index (χ0) is 21.6. The summed E-state index contributed by atoms with van der Waals surface area (Å²) < 4.78 is 1.77. The summed E-state index contributed by atoms with van der Waals surface area (Å²) >= 11 is 0. The second-order valence-corrected chi connectivity index (χ2v) is 7.13. The number of carbonyl (C=O) groups excluding carboxylic acids is 1. The lowest BCUT2D eigenvalue weighted by Crippen LogP contribution is -2.25. The molecule has 3 aromatic carbocycles. The van der Waals surface area contributed by atoms with Crippen molar-refractivity contribution in [2.24, 2.45) is 5.10 Å². The van der Waals surface area contributed by atoms with Gasteiger partial charge in [0.2, 0.25) is 0 Å². The Hall–Kier alpha value is -4.03. The Balaban J connectivity index is 1.59. The molecule has 0 aliphatic carbocycles. The van der Waals surface area contributed by atoms with Crippen molar-refractivity contribution in [2.75, 3.05) is 0 Å². The second kappa shape index (κ2) is 9.19. The third-order valence-electron chi connectivity index (χ3n) is 4.83. The summed E-state index contributed by atoms with van der Waals surface area (Å²) in [5.41, 5.74) is 7.41. The van der Waals surface area contributed by atoms with Gasteiger partial charge in [-0.05, 0) is 24.6 Å². The van der Waals surface area contributed by atoms with Crippen molar-refractivity contribution in [3.8, 4) is 16.9 Å². The maximum atomic E-state index is 12.3. The van der Waals surface area contributed by atoms with Crippen LogP contribution < -0.4 is 5.43 Å². The molecule has 1 unspecified atom stereocenters. The Morgan fingerprint density at radius 1 is 1.00 bits per heavy atom. The van der Waals surface area contributed by atoms with Gasteiger partial charge in [-0.1, -0.05) is 78.4 Å². The first-order chi connectivity index (χ1) is 15.1. The fourth-order valence-electron chi connectivity index (χ4n) is 3.14. The number of benzene rings is 3. The molecule has 0 aliphatic heterocycles. The summed E-state index contributed by atoms with van der Waals surface area (Å²) in [5, 5.41) is 19.0. The van der Waals surface area contributed by atoms with Crippen LogP contribution in [0.5, 0.6) is 0 Å². The summed E-state index contributed by atoms with van der Waals surface area (Å²) in [5.74, 6) is -0.602. The quantitative estimate of drug-likeness (QED) is 0.372. The average Bonchev–Trinajstić information content (AvgIpc) is 3.24. The molecule has 2 N–H and O–H groups in total. The Bertz CT molecular complexity index is 1180. The molecule has 1 aromatic heterocycles. The molecule has 0 fully saturated rings. The number of hydrogen-bond acceptors (Lipinski definition) is 4. The van der Waals surface area contributed by atoms with Gasteiger partial charge in [-0.2, -0.15) is 10.2 Å². The highest BCUT2D eigenvalue weighted by molar-refractivity contribution is 5.90. The molecule has 0 saturated heterocycles. The minimum atomic E-state index is -1.29. The van der Waals surface area contributed by atoms with Crippen molar-refractivity contribution in [1.29, 1.82) is 0 Å². The lowest BCUT2D eigenvalue weighted by Gasteiger charge is -2.08. The first-order valence-electron chi connectivity index (χ1n) is 9.90. The second-order valence-electron chi connectivity index (χ2n) is 7.13. The number of aromatic nitrogens is 2. The molecule has 31 heavy (non-hydrogen) atoms. The van der Waals surface area contributed by atoms with Crippen LogP contribution in [-0.2, 0) is 4.79 Å². The normalized spacial score (nSPS) is 12.1. The van der Waals surface area contributed by atoms with Crippen molar-refractivity contribution in [2.45, 2.75) is 13.0 Å². The molecular formula is C25H22N4O2. The monoisotopic (exact) mass is 410 g/mol. The molecule has 1 amide bonds. The van der Waals surface area contributed by atoms with Crippen LogP contribution in [0.2, 0.25) is 0 Å². The van der Waals surface area contributed by atoms with Gasteiger partial charge < -0.3 is 5.11 Å². The fraction of sp³-hybridized carbons (Fsp3) is 0.0800. The number of amides is 1. The summed E-state index contributed by atoms with van der Waals surface area (Å²) in [6.45, 7) is 2.03. The zero-order valence-corrected chi connectivity index (χ0v) is 17.0. The van der Waals surface area contributed by atoms with E-state index in [1.54, 1.807) is 28.9 Å². The van der Waals surface area contributed by atoms with Crippen molar-refractivity contribution in [3.05, 3.63) is 108 Å². The van der Waals surface area contributed by atoms with E-state index < -0.39 is 12.0 Å². The number of rotatable bonds is 6. The van der Waals surface area contributed by atoms with Crippen molar-refractivity contribution in [3.63, 3.8) is 0 Å². The van der Waals surface area contributed by atoms with E-state index in [-0.39, 0.29) is 0 Å². The summed E-state index contributed by atoms with van der Waals surface area (Å²) in [7, 11) is 0. The molecule has 0 spiro atoms. The van der Waals surface area contributed by atoms with Crippen molar-refractivity contribution >= 4 is 12.1 Å². The minimum Gasteiger partial charge on any atom is -0.378 e. The van der Waals surface area contributed by atoms with Crippen LogP contribution in [-0.4, -0.2) is 27.0 Å². The SMILES string of the molecule is Cc1ccc(-c2nn(-c3ccccc3)cc2C=NNC(=O)C(O)c2ccccc2)cc1. The molecule has 0 saturated carbocycles. The number of hydrazone groups is 1. The van der Waals surface area contributed by atoms with Gasteiger partial charge in [0.25, 0.3) is 5.91 Å². The highest BCUT2D eigenvalue weighted by Crippen LogP contribution is 2.23. The average molecular weight is 410 g/mol. The van der Waals surface area contributed by atoms with E-state index in [0.717, 1.165) is 28.1 Å². The van der Waals surface area contributed by atoms with E-state index in [0.29, 0.717) is 5.56 Å². The molecule has 6 nitrogen and oxygen atoms in total. The highest BCUT2D eigenvalue weighted by atomic mass is 16.3.